The monoisotopic (exact) mass is 1140 g/mol. The average Bonchev–Trinajstić information content (AvgIpc) is 4.06. The summed E-state index contributed by atoms with van der Waals surface area (Å²) >= 11 is 0. The van der Waals surface area contributed by atoms with Crippen molar-refractivity contribution in [1.82, 2.24) is 46.7 Å². The standard InChI is InChI=1S/C55H80F2N12O12/c1-32(64-52(78)41(65-34(3)71)17-10-12-22-58)49(75)63-33(2)50(76)67-43(28-45(60)72)53(79)66-42(51(77)62-24-20-46(73)61-23-13-11-16-40(59)54(80)81)21-25-69(47(74)31-70)48(55(4,5)6)44-26-36(38-27-37(56)18-19-39(38)57)30-68(44)29-35-14-8-7-9-15-35/h7-9,14-15,18-19,26-27,30,32-33,40-43,48,70H,10-13,16-17,20-25,28-29,31,58-59H2,1-6H3,(H2,60,72)(H,61,73)(H,62,77)(H,63,75)(H,64,78)(H,65,71)(H,66,79)(H,67,76)(H,80,81)/t32-,33-,40-,41-,42-,43-,48-/m0/s1. The summed E-state index contributed by atoms with van der Waals surface area (Å²) in [5.41, 5.74) is 17.1. The van der Waals surface area contributed by atoms with Crippen LogP contribution in [0.25, 0.3) is 11.1 Å². The SMILES string of the molecule is CC(=O)N[C@@H](CCCCN)C(=O)N[C@@H](C)C(=O)N[C@@H](C)C(=O)N[C@@H](CC(N)=O)C(=O)N[C@@H](CCN(C(=O)CO)[C@@H](c1cc(-c2cc(F)ccc2F)cn1Cc1ccccc1)C(C)(C)C)C(=O)NCCC(=O)NCCCC[C@H](N)C(=O)O. The molecule has 0 aliphatic rings. The van der Waals surface area contributed by atoms with Gasteiger partial charge in [-0.15, -0.1) is 0 Å². The first-order valence-electron chi connectivity index (χ1n) is 26.8. The number of carbonyl (C=O) groups excluding carboxylic acids is 9. The van der Waals surface area contributed by atoms with Crippen LogP contribution in [0.5, 0.6) is 0 Å². The normalized spacial score (nSPS) is 13.9. The van der Waals surface area contributed by atoms with E-state index >= 15 is 4.39 Å². The van der Waals surface area contributed by atoms with Gasteiger partial charge in [-0.3, -0.25) is 47.9 Å². The van der Waals surface area contributed by atoms with Gasteiger partial charge < -0.3 is 74.1 Å². The molecule has 0 aliphatic carbocycles. The highest BCUT2D eigenvalue weighted by Crippen LogP contribution is 2.41. The number of amides is 9. The molecular weight excluding hydrogens is 1060 g/mol. The molecule has 26 heteroatoms. The van der Waals surface area contributed by atoms with E-state index in [1.807, 2.05) is 30.3 Å². The Kier molecular flexibility index (Phi) is 27.5. The van der Waals surface area contributed by atoms with Gasteiger partial charge in [-0.25, -0.2) is 8.78 Å². The molecule has 3 aromatic rings. The molecule has 0 aliphatic heterocycles. The third kappa shape index (κ3) is 22.7. The number of nitrogens with zero attached hydrogens (tertiary/aromatic N) is 2. The van der Waals surface area contributed by atoms with E-state index < -0.39 is 138 Å². The van der Waals surface area contributed by atoms with Crippen LogP contribution in [0.3, 0.4) is 0 Å². The lowest BCUT2D eigenvalue weighted by atomic mass is 9.82. The predicted molar refractivity (Wildman–Crippen MR) is 294 cm³/mol. The quantitative estimate of drug-likeness (QED) is 0.0362. The zero-order valence-corrected chi connectivity index (χ0v) is 46.8. The second-order valence-corrected chi connectivity index (χ2v) is 20.8. The number of aliphatic hydroxyl groups is 1. The molecule has 1 heterocycles. The van der Waals surface area contributed by atoms with Gasteiger partial charge in [0.2, 0.25) is 53.2 Å². The smallest absolute Gasteiger partial charge is 0.320 e. The Morgan fingerprint density at radius 1 is 0.716 bits per heavy atom. The number of halogens is 2. The third-order valence-corrected chi connectivity index (χ3v) is 12.9. The van der Waals surface area contributed by atoms with Crippen LogP contribution in [-0.2, 0) is 54.5 Å². The number of rotatable bonds is 34. The number of aliphatic carboxylic acids is 1. The summed E-state index contributed by atoms with van der Waals surface area (Å²) < 4.78 is 31.8. The molecule has 1 aromatic heterocycles. The summed E-state index contributed by atoms with van der Waals surface area (Å²) in [7, 11) is 0. The van der Waals surface area contributed by atoms with Gasteiger partial charge in [0.1, 0.15) is 54.5 Å². The molecule has 2 aromatic carbocycles. The maximum absolute atomic E-state index is 15.4. The van der Waals surface area contributed by atoms with Crippen LogP contribution in [0.15, 0.2) is 60.8 Å². The Morgan fingerprint density at radius 3 is 1.93 bits per heavy atom. The molecule has 7 atom stereocenters. The number of carboxylic acids is 1. The van der Waals surface area contributed by atoms with Crippen molar-refractivity contribution in [3.8, 4) is 11.1 Å². The van der Waals surface area contributed by atoms with Gasteiger partial charge in [0.05, 0.1) is 12.5 Å². The molecule has 0 bridgehead atoms. The molecule has 0 saturated carbocycles. The van der Waals surface area contributed by atoms with E-state index in [9.17, 15) is 57.4 Å². The number of hydrogen-bond acceptors (Lipinski definition) is 13. The van der Waals surface area contributed by atoms with Crippen LogP contribution in [0, 0.1) is 17.0 Å². The van der Waals surface area contributed by atoms with Crippen LogP contribution in [0.2, 0.25) is 0 Å². The van der Waals surface area contributed by atoms with Crippen LogP contribution in [0.4, 0.5) is 8.78 Å². The highest BCUT2D eigenvalue weighted by Gasteiger charge is 2.39. The molecule has 15 N–H and O–H groups in total. The minimum absolute atomic E-state index is 0.0694. The number of unbranched alkanes of at least 4 members (excludes halogenated alkanes) is 2. The van der Waals surface area contributed by atoms with Crippen LogP contribution >= 0.6 is 0 Å². The molecule has 3 rings (SSSR count). The summed E-state index contributed by atoms with van der Waals surface area (Å²) in [6.45, 7) is 8.25. The first-order chi connectivity index (χ1) is 38.2. The van der Waals surface area contributed by atoms with Crippen molar-refractivity contribution in [3.63, 3.8) is 0 Å². The van der Waals surface area contributed by atoms with Crippen LogP contribution in [0.1, 0.15) is 117 Å². The van der Waals surface area contributed by atoms with Gasteiger partial charge >= 0.3 is 5.97 Å². The Bertz CT molecular complexity index is 2650. The fraction of sp³-hybridized carbons (Fsp3) is 0.527. The lowest BCUT2D eigenvalue weighted by Crippen LogP contribution is -2.59. The maximum Gasteiger partial charge on any atom is 0.320 e. The van der Waals surface area contributed by atoms with Gasteiger partial charge in [-0.2, -0.15) is 0 Å². The van der Waals surface area contributed by atoms with E-state index in [0.29, 0.717) is 37.9 Å². The molecule has 9 amide bonds. The van der Waals surface area contributed by atoms with Crippen LogP contribution < -0.4 is 54.4 Å². The summed E-state index contributed by atoms with van der Waals surface area (Å²) in [4.78, 5) is 132. The van der Waals surface area contributed by atoms with Crippen molar-refractivity contribution in [2.75, 3.05) is 32.8 Å². The molecule has 446 valence electrons. The number of carbonyl (C=O) groups is 10. The van der Waals surface area contributed by atoms with Crippen LogP contribution in [-0.4, -0.2) is 148 Å². The van der Waals surface area contributed by atoms with Gasteiger partial charge in [-0.05, 0) is 101 Å². The minimum atomic E-state index is -1.77. The second-order valence-electron chi connectivity index (χ2n) is 20.8. The van der Waals surface area contributed by atoms with E-state index in [2.05, 4.69) is 37.2 Å². The Morgan fingerprint density at radius 2 is 1.32 bits per heavy atom. The molecular formula is C55H80F2N12O12. The summed E-state index contributed by atoms with van der Waals surface area (Å²) in [5.74, 6) is -9.95. The minimum Gasteiger partial charge on any atom is -0.480 e. The fourth-order valence-electron chi connectivity index (χ4n) is 8.76. The number of benzene rings is 2. The summed E-state index contributed by atoms with van der Waals surface area (Å²) in [6, 6.07) is 4.70. The molecule has 81 heavy (non-hydrogen) atoms. The average molecular weight is 1140 g/mol. The number of nitrogens with one attached hydrogen (secondary N) is 7. The largest absolute Gasteiger partial charge is 0.480 e. The first kappa shape index (κ1) is 67.4. The highest BCUT2D eigenvalue weighted by atomic mass is 19.1. The van der Waals surface area contributed by atoms with E-state index in [4.69, 9.17) is 22.3 Å². The second kappa shape index (κ2) is 33.0. The van der Waals surface area contributed by atoms with Gasteiger partial charge in [0.15, 0.2) is 0 Å². The molecule has 0 saturated heterocycles. The molecule has 0 fully saturated rings. The van der Waals surface area contributed by atoms with Crippen molar-refractivity contribution in [2.24, 2.45) is 22.6 Å². The zero-order valence-electron chi connectivity index (χ0n) is 46.8. The molecule has 0 unspecified atom stereocenters. The van der Waals surface area contributed by atoms with Gasteiger partial charge in [-0.1, -0.05) is 51.1 Å². The Labute approximate surface area is 469 Å². The number of carboxylic acid groups (broad SMARTS) is 1. The van der Waals surface area contributed by atoms with E-state index in [1.54, 1.807) is 37.6 Å². The predicted octanol–water partition coefficient (Wildman–Crippen LogP) is 0.473. The van der Waals surface area contributed by atoms with Crippen molar-refractivity contribution in [3.05, 3.63) is 83.7 Å². The van der Waals surface area contributed by atoms with Crippen molar-refractivity contribution in [1.29, 1.82) is 0 Å². The number of hydrogen-bond donors (Lipinski definition) is 12. The Balaban J connectivity index is 1.98. The van der Waals surface area contributed by atoms with E-state index in [1.165, 1.54) is 25.7 Å². The summed E-state index contributed by atoms with van der Waals surface area (Å²) in [6.07, 6.45) is 2.45. The highest BCUT2D eigenvalue weighted by molar-refractivity contribution is 5.97. The number of aliphatic hydroxyl groups excluding tert-OH is 1. The fourth-order valence-corrected chi connectivity index (χ4v) is 8.76. The van der Waals surface area contributed by atoms with Crippen molar-refractivity contribution < 1.29 is 66.9 Å². The molecule has 24 nitrogen and oxygen atoms in total. The maximum atomic E-state index is 15.4. The zero-order chi connectivity index (χ0) is 60.6. The summed E-state index contributed by atoms with van der Waals surface area (Å²) in [5, 5.41) is 37.1. The van der Waals surface area contributed by atoms with Gasteiger partial charge in [0.25, 0.3) is 0 Å². The van der Waals surface area contributed by atoms with Crippen molar-refractivity contribution >= 4 is 59.1 Å². The third-order valence-electron chi connectivity index (χ3n) is 12.9. The van der Waals surface area contributed by atoms with E-state index in [-0.39, 0.29) is 56.6 Å². The van der Waals surface area contributed by atoms with Gasteiger partial charge in [0, 0.05) is 62.5 Å². The van der Waals surface area contributed by atoms with E-state index in [0.717, 1.165) is 23.8 Å². The number of primary amides is 1. The lowest BCUT2D eigenvalue weighted by Gasteiger charge is -2.41. The number of aromatic nitrogens is 1. The molecule has 0 spiro atoms. The Hall–Kier alpha value is -7.84. The lowest BCUT2D eigenvalue weighted by molar-refractivity contribution is -0.140. The van der Waals surface area contributed by atoms with Crippen molar-refractivity contribution in [2.45, 2.75) is 148 Å². The molecule has 0 radical (unpaired) electrons. The topological polar surface area (TPSA) is 382 Å². The number of nitrogens with two attached hydrogens (primary N) is 3. The first-order valence-corrected chi connectivity index (χ1v) is 26.8.